The molecule has 4 rings (SSSR count). The van der Waals surface area contributed by atoms with E-state index in [-0.39, 0.29) is 30.5 Å². The Balaban J connectivity index is 0.00000240. The van der Waals surface area contributed by atoms with Crippen LogP contribution < -0.4 is 15.5 Å². The summed E-state index contributed by atoms with van der Waals surface area (Å²) in [6.07, 6.45) is 1.09. The molecule has 8 heteroatoms. The molecular weight excluding hydrogens is 390 g/mol. The number of carbonyl (C=O) groups is 1. The Kier molecular flexibility index (Phi) is 6.58. The second-order valence-electron chi connectivity index (χ2n) is 7.73. The molecule has 154 valence electrons. The van der Waals surface area contributed by atoms with Crippen LogP contribution in [-0.2, 0) is 9.53 Å². The number of nitriles is 1. The Bertz CT molecular complexity index is 931. The van der Waals surface area contributed by atoms with E-state index >= 15 is 0 Å². The molecule has 2 aromatic rings. The zero-order valence-corrected chi connectivity index (χ0v) is 17.4. The summed E-state index contributed by atoms with van der Waals surface area (Å²) in [7, 11) is 0. The number of hydrogen-bond acceptors (Lipinski definition) is 6. The Hall–Kier alpha value is -2.40. The second-order valence-corrected chi connectivity index (χ2v) is 7.73. The summed E-state index contributed by atoms with van der Waals surface area (Å²) in [6, 6.07) is 9.93. The van der Waals surface area contributed by atoms with Gasteiger partial charge in [-0.15, -0.1) is 12.4 Å². The lowest BCUT2D eigenvalue weighted by Crippen LogP contribution is -2.55. The van der Waals surface area contributed by atoms with Crippen LogP contribution in [0.3, 0.4) is 0 Å². The summed E-state index contributed by atoms with van der Waals surface area (Å²) in [4.78, 5) is 19.4. The summed E-state index contributed by atoms with van der Waals surface area (Å²) in [5.41, 5.74) is 2.22. The van der Waals surface area contributed by atoms with Gasteiger partial charge in [0.1, 0.15) is 6.07 Å². The van der Waals surface area contributed by atoms with Crippen LogP contribution in [-0.4, -0.2) is 55.3 Å². The quantitative estimate of drug-likeness (QED) is 0.795. The first-order chi connectivity index (χ1) is 13.6. The fourth-order valence-corrected chi connectivity index (χ4v) is 4.10. The third-order valence-electron chi connectivity index (χ3n) is 5.61. The van der Waals surface area contributed by atoms with Crippen molar-refractivity contribution in [3.05, 3.63) is 36.0 Å². The molecule has 2 aliphatic heterocycles. The van der Waals surface area contributed by atoms with Crippen molar-refractivity contribution in [3.63, 3.8) is 0 Å². The topological polar surface area (TPSA) is 90.3 Å². The average molecular weight is 416 g/mol. The number of nitrogens with zero attached hydrogens (tertiary/aromatic N) is 3. The van der Waals surface area contributed by atoms with Crippen LogP contribution in [0.2, 0.25) is 0 Å². The zero-order valence-electron chi connectivity index (χ0n) is 16.6. The molecular formula is C21H26ClN5O2. The predicted molar refractivity (Wildman–Crippen MR) is 114 cm³/mol. The van der Waals surface area contributed by atoms with E-state index in [4.69, 9.17) is 4.74 Å². The molecule has 0 spiro atoms. The Morgan fingerprint density at radius 1 is 1.31 bits per heavy atom. The van der Waals surface area contributed by atoms with Crippen molar-refractivity contribution in [2.24, 2.45) is 5.92 Å². The standard InChI is InChI=1S/C21H25N5O2.ClH/c1-13-9-23-10-17(13)25-21(27)19-12-26(11-14(2)28-19)18-6-5-15(8-22)20-16(18)4-3-7-24-20;/h3-7,13-14,17,19,23H,9-12H2,1-2H3,(H,25,27);1H/t13-,14-,17+,19+;/m0./s1. The van der Waals surface area contributed by atoms with Gasteiger partial charge in [-0.05, 0) is 43.7 Å². The number of anilines is 1. The minimum absolute atomic E-state index is 0. The number of nitrogens with one attached hydrogen (secondary N) is 2. The van der Waals surface area contributed by atoms with Gasteiger partial charge in [-0.2, -0.15) is 5.26 Å². The predicted octanol–water partition coefficient (Wildman–Crippen LogP) is 1.85. The molecule has 1 aromatic heterocycles. The van der Waals surface area contributed by atoms with E-state index in [1.165, 1.54) is 0 Å². The molecule has 0 aliphatic carbocycles. The van der Waals surface area contributed by atoms with Gasteiger partial charge in [0, 0.05) is 36.4 Å². The maximum Gasteiger partial charge on any atom is 0.251 e. The molecule has 2 N–H and O–H groups in total. The van der Waals surface area contributed by atoms with Crippen molar-refractivity contribution in [2.75, 3.05) is 31.1 Å². The van der Waals surface area contributed by atoms with E-state index in [0.717, 1.165) is 24.2 Å². The Morgan fingerprint density at radius 3 is 2.86 bits per heavy atom. The van der Waals surface area contributed by atoms with E-state index in [1.54, 1.807) is 12.3 Å². The minimum Gasteiger partial charge on any atom is -0.365 e. The molecule has 1 aromatic carbocycles. The fraction of sp³-hybridized carbons (Fsp3) is 0.476. The van der Waals surface area contributed by atoms with Gasteiger partial charge in [0.2, 0.25) is 0 Å². The van der Waals surface area contributed by atoms with Crippen LogP contribution in [0, 0.1) is 17.2 Å². The smallest absolute Gasteiger partial charge is 0.251 e. The molecule has 0 radical (unpaired) electrons. The number of amides is 1. The van der Waals surface area contributed by atoms with Crippen molar-refractivity contribution >= 4 is 34.9 Å². The number of carbonyl (C=O) groups excluding carboxylic acids is 1. The normalized spacial score (nSPS) is 26.6. The average Bonchev–Trinajstić information content (AvgIpc) is 3.11. The highest BCUT2D eigenvalue weighted by molar-refractivity contribution is 5.95. The van der Waals surface area contributed by atoms with Crippen LogP contribution in [0.1, 0.15) is 19.4 Å². The summed E-state index contributed by atoms with van der Waals surface area (Å²) in [6.45, 7) is 6.99. The molecule has 0 unspecified atom stereocenters. The van der Waals surface area contributed by atoms with Gasteiger partial charge in [0.25, 0.3) is 5.91 Å². The zero-order chi connectivity index (χ0) is 19.7. The second kappa shape index (κ2) is 8.95. The van der Waals surface area contributed by atoms with Gasteiger partial charge in [-0.25, -0.2) is 0 Å². The molecule has 2 aliphatic rings. The van der Waals surface area contributed by atoms with Crippen molar-refractivity contribution in [1.29, 1.82) is 5.26 Å². The Labute approximate surface area is 176 Å². The van der Waals surface area contributed by atoms with E-state index in [2.05, 4.69) is 33.5 Å². The number of aromatic nitrogens is 1. The number of rotatable bonds is 3. The monoisotopic (exact) mass is 415 g/mol. The van der Waals surface area contributed by atoms with Gasteiger partial charge in [0.05, 0.1) is 23.7 Å². The molecule has 0 saturated carbocycles. The lowest BCUT2D eigenvalue weighted by molar-refractivity contribution is -0.138. The molecule has 7 nitrogen and oxygen atoms in total. The van der Waals surface area contributed by atoms with Crippen molar-refractivity contribution in [2.45, 2.75) is 32.1 Å². The molecule has 3 heterocycles. The first-order valence-corrected chi connectivity index (χ1v) is 9.76. The van der Waals surface area contributed by atoms with Crippen molar-refractivity contribution in [3.8, 4) is 6.07 Å². The highest BCUT2D eigenvalue weighted by Gasteiger charge is 2.34. The van der Waals surface area contributed by atoms with Crippen molar-refractivity contribution < 1.29 is 9.53 Å². The number of benzene rings is 1. The maximum absolute atomic E-state index is 12.8. The van der Waals surface area contributed by atoms with Gasteiger partial charge in [-0.3, -0.25) is 9.78 Å². The molecule has 0 bridgehead atoms. The summed E-state index contributed by atoms with van der Waals surface area (Å²) in [5.74, 6) is 0.350. The first kappa shape index (κ1) is 21.3. The third kappa shape index (κ3) is 4.30. The largest absolute Gasteiger partial charge is 0.365 e. The SMILES string of the molecule is C[C@H]1CN(c2ccc(C#N)c3ncccc23)C[C@H](C(=O)N[C@@H]2CNC[C@@H]2C)O1.Cl. The molecule has 1 amide bonds. The fourth-order valence-electron chi connectivity index (χ4n) is 4.10. The summed E-state index contributed by atoms with van der Waals surface area (Å²) in [5, 5.41) is 16.7. The number of hydrogen-bond donors (Lipinski definition) is 2. The molecule has 2 fully saturated rings. The van der Waals surface area contributed by atoms with Gasteiger partial charge < -0.3 is 20.3 Å². The van der Waals surface area contributed by atoms with Crippen LogP contribution >= 0.6 is 12.4 Å². The van der Waals surface area contributed by atoms with E-state index in [0.29, 0.717) is 30.1 Å². The number of fused-ring (bicyclic) bond motifs is 1. The van der Waals surface area contributed by atoms with E-state index < -0.39 is 6.10 Å². The minimum atomic E-state index is -0.529. The van der Waals surface area contributed by atoms with E-state index in [1.807, 2.05) is 25.1 Å². The van der Waals surface area contributed by atoms with Crippen LogP contribution in [0.15, 0.2) is 30.5 Å². The third-order valence-corrected chi connectivity index (χ3v) is 5.61. The lowest BCUT2D eigenvalue weighted by atomic mass is 10.0. The maximum atomic E-state index is 12.8. The molecule has 29 heavy (non-hydrogen) atoms. The van der Waals surface area contributed by atoms with Gasteiger partial charge >= 0.3 is 0 Å². The van der Waals surface area contributed by atoms with Gasteiger partial charge in [-0.1, -0.05) is 6.92 Å². The molecule has 2 saturated heterocycles. The van der Waals surface area contributed by atoms with Crippen LogP contribution in [0.25, 0.3) is 10.9 Å². The first-order valence-electron chi connectivity index (χ1n) is 9.76. The Morgan fingerprint density at radius 2 is 2.14 bits per heavy atom. The number of pyridine rings is 1. The number of ether oxygens (including phenoxy) is 1. The summed E-state index contributed by atoms with van der Waals surface area (Å²) < 4.78 is 5.96. The lowest BCUT2D eigenvalue weighted by Gasteiger charge is -2.38. The number of morpholine rings is 1. The summed E-state index contributed by atoms with van der Waals surface area (Å²) >= 11 is 0. The highest BCUT2D eigenvalue weighted by Crippen LogP contribution is 2.30. The van der Waals surface area contributed by atoms with Crippen molar-refractivity contribution in [1.82, 2.24) is 15.6 Å². The van der Waals surface area contributed by atoms with E-state index in [9.17, 15) is 10.1 Å². The highest BCUT2D eigenvalue weighted by atomic mass is 35.5. The van der Waals surface area contributed by atoms with Crippen LogP contribution in [0.4, 0.5) is 5.69 Å². The van der Waals surface area contributed by atoms with Crippen LogP contribution in [0.5, 0.6) is 0 Å². The molecule has 4 atom stereocenters. The van der Waals surface area contributed by atoms with Gasteiger partial charge in [0.15, 0.2) is 6.10 Å². The number of halogens is 1.